The highest BCUT2D eigenvalue weighted by atomic mass is 16.6. The summed E-state index contributed by atoms with van der Waals surface area (Å²) < 4.78 is 10.5. The zero-order valence-electron chi connectivity index (χ0n) is 18.5. The molecule has 0 radical (unpaired) electrons. The Hall–Kier alpha value is -3.88. The molecular formula is C23H28N4O5. The summed E-state index contributed by atoms with van der Waals surface area (Å²) in [6, 6.07) is 8.59. The third kappa shape index (κ3) is 8.10. The van der Waals surface area contributed by atoms with Gasteiger partial charge in [0.1, 0.15) is 0 Å². The van der Waals surface area contributed by atoms with E-state index in [4.69, 9.17) is 9.47 Å². The molecule has 1 aromatic carbocycles. The zero-order chi connectivity index (χ0) is 23.3. The van der Waals surface area contributed by atoms with E-state index in [0.717, 1.165) is 11.1 Å². The second-order valence-electron chi connectivity index (χ2n) is 6.75. The molecule has 0 atom stereocenters. The first-order valence-corrected chi connectivity index (χ1v) is 10.3. The number of nitrogens with one attached hydrogen (secondary N) is 2. The number of benzene rings is 1. The van der Waals surface area contributed by atoms with Gasteiger partial charge in [-0.05, 0) is 55.7 Å². The van der Waals surface area contributed by atoms with Crippen LogP contribution in [0.5, 0.6) is 11.5 Å². The number of rotatable bonds is 9. The van der Waals surface area contributed by atoms with Crippen molar-refractivity contribution >= 4 is 24.2 Å². The van der Waals surface area contributed by atoms with Crippen LogP contribution in [0.25, 0.3) is 6.08 Å². The second kappa shape index (κ2) is 12.7. The van der Waals surface area contributed by atoms with Crippen molar-refractivity contribution < 1.29 is 23.9 Å². The number of aromatic nitrogens is 1. The topological polar surface area (TPSA) is 110 Å². The molecule has 0 unspecified atom stereocenters. The van der Waals surface area contributed by atoms with Gasteiger partial charge in [0.15, 0.2) is 11.5 Å². The molecule has 0 aliphatic heterocycles. The Bertz CT molecular complexity index is 947. The fourth-order valence-corrected chi connectivity index (χ4v) is 2.61. The van der Waals surface area contributed by atoms with Crippen LogP contribution in [0.4, 0.5) is 9.59 Å². The fourth-order valence-electron chi connectivity index (χ4n) is 2.61. The van der Waals surface area contributed by atoms with E-state index in [-0.39, 0.29) is 17.4 Å². The van der Waals surface area contributed by atoms with E-state index in [2.05, 4.69) is 15.6 Å². The molecule has 3 amide bonds. The zero-order valence-corrected chi connectivity index (χ0v) is 18.5. The van der Waals surface area contributed by atoms with Crippen molar-refractivity contribution in [1.29, 1.82) is 0 Å². The highest BCUT2D eigenvalue weighted by Gasteiger charge is 2.15. The quantitative estimate of drug-likeness (QED) is 0.580. The molecule has 0 bridgehead atoms. The first-order valence-electron chi connectivity index (χ1n) is 10.3. The molecule has 0 aliphatic carbocycles. The standard InChI is InChI=1S/C23H28N4O5/c1-4-25-22(29)31-19-10-8-17(15-20(19)32-23(30)26-5-2)12-14-27(3)21(28)11-9-18-7-6-13-24-16-18/h6-11,13,15-16H,4-5,12,14H2,1-3H3,(H,25,29)(H,26,30). The molecular weight excluding hydrogens is 412 g/mol. The lowest BCUT2D eigenvalue weighted by molar-refractivity contribution is -0.124. The molecule has 2 rings (SSSR count). The lowest BCUT2D eigenvalue weighted by atomic mass is 10.1. The minimum atomic E-state index is -0.654. The minimum absolute atomic E-state index is 0.116. The van der Waals surface area contributed by atoms with Gasteiger partial charge in [-0.15, -0.1) is 0 Å². The fraction of sp³-hybridized carbons (Fsp3) is 0.304. The monoisotopic (exact) mass is 440 g/mol. The van der Waals surface area contributed by atoms with Crippen molar-refractivity contribution in [3.05, 3.63) is 59.9 Å². The van der Waals surface area contributed by atoms with Gasteiger partial charge >= 0.3 is 12.2 Å². The molecule has 0 saturated heterocycles. The Labute approximate surface area is 187 Å². The third-order valence-corrected chi connectivity index (χ3v) is 4.27. The van der Waals surface area contributed by atoms with Crippen LogP contribution in [0.15, 0.2) is 48.8 Å². The van der Waals surface area contributed by atoms with Crippen LogP contribution in [0.1, 0.15) is 25.0 Å². The molecule has 2 aromatic rings. The molecule has 0 aliphatic rings. The SMILES string of the molecule is CCNC(=O)Oc1ccc(CCN(C)C(=O)C=Cc2cccnc2)cc1OC(=O)NCC. The largest absolute Gasteiger partial charge is 0.412 e. The molecule has 170 valence electrons. The number of hydrogen-bond donors (Lipinski definition) is 2. The summed E-state index contributed by atoms with van der Waals surface area (Å²) in [5, 5.41) is 5.05. The lowest BCUT2D eigenvalue weighted by Gasteiger charge is -2.16. The van der Waals surface area contributed by atoms with Gasteiger partial charge in [-0.3, -0.25) is 9.78 Å². The molecule has 1 aromatic heterocycles. The Kier molecular flexibility index (Phi) is 9.70. The average molecular weight is 441 g/mol. The van der Waals surface area contributed by atoms with Crippen LogP contribution in [-0.2, 0) is 11.2 Å². The third-order valence-electron chi connectivity index (χ3n) is 4.27. The summed E-state index contributed by atoms with van der Waals surface area (Å²) in [4.78, 5) is 41.6. The number of carbonyl (C=O) groups is 3. The molecule has 0 fully saturated rings. The van der Waals surface area contributed by atoms with Gasteiger partial charge in [-0.25, -0.2) is 9.59 Å². The van der Waals surface area contributed by atoms with E-state index >= 15 is 0 Å². The number of carbonyl (C=O) groups excluding carboxylic acids is 3. The van der Waals surface area contributed by atoms with Gasteiger partial charge in [-0.1, -0.05) is 12.1 Å². The molecule has 9 heteroatoms. The second-order valence-corrected chi connectivity index (χ2v) is 6.75. The van der Waals surface area contributed by atoms with Crippen LogP contribution in [0, 0.1) is 0 Å². The summed E-state index contributed by atoms with van der Waals surface area (Å²) in [6.07, 6.45) is 5.74. The Morgan fingerprint density at radius 3 is 2.34 bits per heavy atom. The Morgan fingerprint density at radius 1 is 1.03 bits per heavy atom. The van der Waals surface area contributed by atoms with Gasteiger partial charge in [0.25, 0.3) is 0 Å². The molecule has 0 spiro atoms. The summed E-state index contributed by atoms with van der Waals surface area (Å²) in [6.45, 7) is 4.76. The summed E-state index contributed by atoms with van der Waals surface area (Å²) in [7, 11) is 1.70. The van der Waals surface area contributed by atoms with Crippen LogP contribution in [0.3, 0.4) is 0 Å². The van der Waals surface area contributed by atoms with Crippen molar-refractivity contribution in [3.8, 4) is 11.5 Å². The van der Waals surface area contributed by atoms with Gasteiger partial charge in [0.05, 0.1) is 0 Å². The average Bonchev–Trinajstić information content (AvgIpc) is 2.78. The molecule has 9 nitrogen and oxygen atoms in total. The van der Waals surface area contributed by atoms with Gasteiger partial charge < -0.3 is 25.0 Å². The number of ether oxygens (including phenoxy) is 2. The Morgan fingerprint density at radius 2 is 1.72 bits per heavy atom. The van der Waals surface area contributed by atoms with Crippen LogP contribution in [-0.4, -0.2) is 54.7 Å². The van der Waals surface area contributed by atoms with Gasteiger partial charge in [0, 0.05) is 45.2 Å². The first kappa shape index (κ1) is 24.4. The van der Waals surface area contributed by atoms with E-state index < -0.39 is 12.2 Å². The van der Waals surface area contributed by atoms with E-state index in [1.807, 2.05) is 6.07 Å². The minimum Gasteiger partial charge on any atom is -0.406 e. The van der Waals surface area contributed by atoms with Crippen molar-refractivity contribution in [3.63, 3.8) is 0 Å². The lowest BCUT2D eigenvalue weighted by Crippen LogP contribution is -2.28. The summed E-state index contributed by atoms with van der Waals surface area (Å²) in [5.74, 6) is 0.0868. The van der Waals surface area contributed by atoms with E-state index in [9.17, 15) is 14.4 Å². The highest BCUT2D eigenvalue weighted by Crippen LogP contribution is 2.29. The summed E-state index contributed by atoms with van der Waals surface area (Å²) >= 11 is 0. The van der Waals surface area contributed by atoms with E-state index in [1.54, 1.807) is 68.5 Å². The van der Waals surface area contributed by atoms with Crippen LogP contribution >= 0.6 is 0 Å². The maximum atomic E-state index is 12.3. The smallest absolute Gasteiger partial charge is 0.406 e. The van der Waals surface area contributed by atoms with Crippen LogP contribution < -0.4 is 20.1 Å². The van der Waals surface area contributed by atoms with Crippen molar-refractivity contribution in [2.75, 3.05) is 26.7 Å². The number of nitrogens with zero attached hydrogens (tertiary/aromatic N) is 2. The van der Waals surface area contributed by atoms with Crippen LogP contribution in [0.2, 0.25) is 0 Å². The molecule has 32 heavy (non-hydrogen) atoms. The van der Waals surface area contributed by atoms with Gasteiger partial charge in [-0.2, -0.15) is 0 Å². The maximum Gasteiger partial charge on any atom is 0.412 e. The van der Waals surface area contributed by atoms with E-state index in [1.165, 1.54) is 6.08 Å². The number of hydrogen-bond acceptors (Lipinski definition) is 6. The van der Waals surface area contributed by atoms with Gasteiger partial charge in [0.2, 0.25) is 5.91 Å². The Balaban J connectivity index is 2.04. The number of amides is 3. The molecule has 1 heterocycles. The normalized spacial score (nSPS) is 10.5. The van der Waals surface area contributed by atoms with Crippen molar-refractivity contribution in [2.24, 2.45) is 0 Å². The van der Waals surface area contributed by atoms with E-state index in [0.29, 0.717) is 26.1 Å². The highest BCUT2D eigenvalue weighted by molar-refractivity contribution is 5.91. The van der Waals surface area contributed by atoms with Crippen molar-refractivity contribution in [1.82, 2.24) is 20.5 Å². The summed E-state index contributed by atoms with van der Waals surface area (Å²) in [5.41, 5.74) is 1.65. The molecule has 0 saturated carbocycles. The predicted octanol–water partition coefficient (Wildman–Crippen LogP) is 3.01. The number of pyridine rings is 1. The first-order chi connectivity index (χ1) is 15.4. The predicted molar refractivity (Wildman–Crippen MR) is 120 cm³/mol. The maximum absolute atomic E-state index is 12.3. The van der Waals surface area contributed by atoms with Crippen molar-refractivity contribution in [2.45, 2.75) is 20.3 Å². The number of likely N-dealkylation sites (N-methyl/N-ethyl adjacent to an activating group) is 1. The molecule has 2 N–H and O–H groups in total.